The summed E-state index contributed by atoms with van der Waals surface area (Å²) in [5.41, 5.74) is -9.40. The third-order valence-electron chi connectivity index (χ3n) is 20.4. The maximum absolute atomic E-state index is 11.3. The first-order chi connectivity index (χ1) is 78.9. The number of ether oxygens (including phenoxy) is 10. The first-order valence-electron chi connectivity index (χ1n) is 68.1. The van der Waals surface area contributed by atoms with Crippen molar-refractivity contribution < 1.29 is 155 Å². The van der Waals surface area contributed by atoms with Gasteiger partial charge in [-0.2, -0.15) is 0 Å². The van der Waals surface area contributed by atoms with Gasteiger partial charge in [0.1, 0.15) is 0 Å². The molecule has 0 aromatic heterocycles. The normalized spacial score (nSPS) is 45.6. The van der Waals surface area contributed by atoms with Crippen LogP contribution in [0.3, 0.4) is 0 Å². The molecule has 5 fully saturated rings. The summed E-state index contributed by atoms with van der Waals surface area (Å²) in [4.78, 5) is 1.96. The van der Waals surface area contributed by atoms with E-state index in [0.717, 1.165) is 49.6 Å². The molecule has 652 valence electrons. The number of methoxy groups -OCH3 is 10. The van der Waals surface area contributed by atoms with Gasteiger partial charge in [-0.25, -0.2) is 0 Å². The number of fused-ring (bicyclic) bond motifs is 15. The van der Waals surface area contributed by atoms with Gasteiger partial charge in [-0.3, -0.25) is 24.5 Å². The van der Waals surface area contributed by atoms with Crippen molar-refractivity contribution in [1.29, 1.82) is 0 Å². The smallest absolute Gasteiger partial charge is 0.161 e. The van der Waals surface area contributed by atoms with Crippen LogP contribution in [0, 0.1) is 58.2 Å². The molecular formula is C97H149N5O15. The van der Waals surface area contributed by atoms with Crippen LogP contribution in [0.25, 0.3) is 0 Å². The average molecular weight is 1690 g/mol. The Balaban J connectivity index is 0.000000207. The van der Waals surface area contributed by atoms with Crippen LogP contribution < -0.4 is 47.4 Å². The SMILES string of the molecule is [2H]C([2H])([2H])Oc1cc2c(cc1OC)C([2H])([2H])C([2H])([2H])N1C2([2H])CC(O)C(C([2H])([2H])C(C)(C([2H])([2H])[2H])C([2H])([2H])[2H])C1([2H])[2H].[2H]C([2H])([2H])Oc1cc2c(cc1OC)C([2H])([2H])C([2H])([2H])N1C2([2H])CC(O)C(CC(C)C)C1([2H])[2H].[2H]C([2H])([2H])Oc1cc2c(cc1OC)C1([2H])CC(O)C(CC(C)C)C([2H])([2H])N1C([2H])([2H])C2([2H])[2H].[2H]C12CC(O)C(C([2H])([2H])C(C)(C([2H])([2H])[2H])C([2H])([2H])[2H])C([2H])([2H])N1C([2H])([2H])C([2H])([2H])c1cc(OC)c(OC)cc12.[2H]C12CC(O)C(CC(C)C)C([2H])([2H])N1C([2H])([2H])C([2H])([2H])c1cc(OC)c(OC)cc12. The lowest BCUT2D eigenvalue weighted by Crippen LogP contribution is -2.48. The summed E-state index contributed by atoms with van der Waals surface area (Å²) in [5, 5.41) is 55.1. The Labute approximate surface area is 786 Å². The van der Waals surface area contributed by atoms with E-state index < -0.39 is 301 Å². The molecule has 0 aliphatic carbocycles. The van der Waals surface area contributed by atoms with Crippen molar-refractivity contribution in [2.45, 2.75) is 239 Å². The summed E-state index contributed by atoms with van der Waals surface area (Å²) < 4.78 is 555. The van der Waals surface area contributed by atoms with Gasteiger partial charge in [0.15, 0.2) is 57.5 Å². The summed E-state index contributed by atoms with van der Waals surface area (Å²) in [6, 6.07) is -0.837. The van der Waals surface area contributed by atoms with Gasteiger partial charge in [-0.1, -0.05) is 82.8 Å². The molecule has 20 heteroatoms. The highest BCUT2D eigenvalue weighted by atomic mass is 16.5. The molecule has 10 aliphatic heterocycles. The van der Waals surface area contributed by atoms with E-state index >= 15 is 0 Å². The molecule has 0 bridgehead atoms. The van der Waals surface area contributed by atoms with Crippen LogP contribution in [-0.2, 0) is 31.9 Å². The van der Waals surface area contributed by atoms with E-state index in [1.54, 1.807) is 0 Å². The lowest BCUT2D eigenvalue weighted by molar-refractivity contribution is -0.0259. The Hall–Kier alpha value is -6.30. The Morgan fingerprint density at radius 3 is 0.718 bits per heavy atom. The molecule has 15 atom stereocenters. The number of rotatable bonds is 18. The van der Waals surface area contributed by atoms with Crippen molar-refractivity contribution in [3.63, 3.8) is 0 Å². The molecular weight excluding hydrogens is 1480 g/mol. The predicted molar refractivity (Wildman–Crippen MR) is 465 cm³/mol. The van der Waals surface area contributed by atoms with Gasteiger partial charge in [0.25, 0.3) is 0 Å². The lowest BCUT2D eigenvalue weighted by atomic mass is 9.75. The monoisotopic (exact) mass is 1680 g/mol. The standard InChI is InChI=1S/2C20H31NO3.3C19H29NO3/c2*1-20(2,3)11-14-12-21-7-6-13-8-18(23-4)19(24-5)9-15(13)16(21)10-17(14)22;3*1-12(2)7-14-11-20-6-5-13-8-18(22-3)19(23-4)9-15(13)16(20)10-17(14)21/h2*8-9,14,16-17,22H,6-7,10-12H2,1-5H3;3*8-9,12,14,16-17,21H,5-7,10-11H2,1-4H3/i1D3,2D3,5D3,6D2,7D2,11D2,12D2,16D;1D3,2D3,6D2,7D2,11D2,12D2,16D;4D3,5D2,6D2,11D2,16D;3D3,5D2,6D2,11D2,16D;5D2,6D2,11D2,16D. The van der Waals surface area contributed by atoms with Crippen LogP contribution in [0.4, 0.5) is 0 Å². The lowest BCUT2D eigenvalue weighted by Gasteiger charge is -2.47. The van der Waals surface area contributed by atoms with Crippen LogP contribution in [-0.4, -0.2) is 216 Å². The van der Waals surface area contributed by atoms with E-state index in [2.05, 4.69) is 0 Å². The third-order valence-corrected chi connectivity index (χ3v) is 20.4. The molecule has 0 spiro atoms. The van der Waals surface area contributed by atoms with Gasteiger partial charge >= 0.3 is 0 Å². The molecule has 10 aliphatic rings. The first-order valence-corrected chi connectivity index (χ1v) is 38.1. The Bertz CT molecular complexity index is 6840. The minimum absolute atomic E-state index is 0.00678. The Morgan fingerprint density at radius 2 is 0.521 bits per heavy atom. The molecule has 15 unspecified atom stereocenters. The molecule has 10 heterocycles. The molecule has 0 radical (unpaired) electrons. The van der Waals surface area contributed by atoms with Gasteiger partial charge in [0.05, 0.1) is 121 Å². The number of aryl methyl sites for hydroxylation is 5. The number of piperidine rings is 5. The summed E-state index contributed by atoms with van der Waals surface area (Å²) in [6.45, 7) is -32.6. The minimum atomic E-state index is -3.65. The number of hydrogen-bond donors (Lipinski definition) is 5. The van der Waals surface area contributed by atoms with Gasteiger partial charge in [-0.15, -0.1) is 0 Å². The highest BCUT2D eigenvalue weighted by Crippen LogP contribution is 2.51. The number of benzene rings is 5. The largest absolute Gasteiger partial charge is 0.493 e. The van der Waals surface area contributed by atoms with Crippen molar-refractivity contribution in [3.05, 3.63) is 116 Å². The minimum Gasteiger partial charge on any atom is -0.493 e. The number of aliphatic hydroxyl groups excluding tert-OH is 5. The summed E-state index contributed by atoms with van der Waals surface area (Å²) in [7, 11) is -0.0557. The molecule has 0 saturated carbocycles. The topological polar surface area (TPSA) is 210 Å². The van der Waals surface area contributed by atoms with Crippen LogP contribution in [0.1, 0.15) is 315 Å². The fourth-order valence-corrected chi connectivity index (χ4v) is 14.8. The number of hydrogen-bond acceptors (Lipinski definition) is 20. The van der Waals surface area contributed by atoms with Crippen molar-refractivity contribution >= 4 is 0 Å². The first kappa shape index (κ1) is 40.8. The van der Waals surface area contributed by atoms with E-state index in [-0.39, 0.29) is 150 Å². The molecule has 5 aromatic rings. The number of aliphatic hydroxyl groups is 5. The quantitative estimate of drug-likeness (QED) is 0.0552. The van der Waals surface area contributed by atoms with Crippen molar-refractivity contribution in [3.8, 4) is 57.5 Å². The fraction of sp³-hybridized carbons (Fsp3) is 0.691. The van der Waals surface area contributed by atoms with E-state index in [1.807, 2.05) is 41.5 Å². The van der Waals surface area contributed by atoms with Crippen LogP contribution in [0.2, 0.25) is 0 Å². The van der Waals surface area contributed by atoms with Crippen LogP contribution in [0.5, 0.6) is 57.5 Å². The van der Waals surface area contributed by atoms with E-state index in [9.17, 15) is 32.4 Å². The van der Waals surface area contributed by atoms with E-state index in [0.29, 0.717) is 28.5 Å². The molecule has 5 N–H and O–H groups in total. The van der Waals surface area contributed by atoms with Crippen LogP contribution >= 0.6 is 0 Å². The Kier molecular flexibility index (Phi) is 14.0. The van der Waals surface area contributed by atoms with E-state index in [1.165, 1.54) is 60.9 Å². The molecule has 15 rings (SSSR count). The maximum atomic E-state index is 11.3. The molecule has 20 nitrogen and oxygen atoms in total. The molecule has 0 amide bonds. The maximum Gasteiger partial charge on any atom is 0.161 e. The zero-order chi connectivity index (χ0) is 137. The van der Waals surface area contributed by atoms with Crippen LogP contribution in [0.15, 0.2) is 60.7 Å². The predicted octanol–water partition coefficient (Wildman–Crippen LogP) is 15.9. The average Bonchev–Trinajstić information content (AvgIpc) is 0.814. The zero-order valence-corrected chi connectivity index (χ0v) is 68.0. The summed E-state index contributed by atoms with van der Waals surface area (Å²) >= 11 is 0. The second kappa shape index (κ2) is 40.1. The van der Waals surface area contributed by atoms with Gasteiger partial charge < -0.3 is 72.9 Å². The molecule has 117 heavy (non-hydrogen) atoms. The zero-order valence-electron chi connectivity index (χ0n) is 128. The van der Waals surface area contributed by atoms with Gasteiger partial charge in [0.2, 0.25) is 0 Å². The fourth-order valence-electron chi connectivity index (χ4n) is 14.8. The van der Waals surface area contributed by atoms with E-state index in [4.69, 9.17) is 123 Å². The van der Waals surface area contributed by atoms with Gasteiger partial charge in [0, 0.05) is 158 Å². The van der Waals surface area contributed by atoms with Crippen molar-refractivity contribution in [2.24, 2.45) is 58.2 Å². The summed E-state index contributed by atoms with van der Waals surface area (Å²) in [5.74, 6) is -9.80. The Morgan fingerprint density at radius 1 is 0.333 bits per heavy atom. The number of nitrogens with zero attached hydrogens (tertiary/aromatic N) is 5. The highest BCUT2D eigenvalue weighted by molar-refractivity contribution is 5.54. The van der Waals surface area contributed by atoms with Crippen molar-refractivity contribution in [1.82, 2.24) is 24.5 Å². The summed E-state index contributed by atoms with van der Waals surface area (Å²) in [6.07, 6.45) is -32.5. The molecule has 5 aromatic carbocycles. The third kappa shape index (κ3) is 22.0. The van der Waals surface area contributed by atoms with Crippen molar-refractivity contribution in [2.75, 3.05) is 136 Å². The second-order valence-corrected chi connectivity index (χ2v) is 30.8. The van der Waals surface area contributed by atoms with Gasteiger partial charge in [-0.05, 0) is 270 Å². The highest BCUT2D eigenvalue weighted by Gasteiger charge is 2.45. The molecule has 5 saturated heterocycles. The second-order valence-electron chi connectivity index (χ2n) is 30.8.